The Morgan fingerprint density at radius 1 is 1.08 bits per heavy atom. The quantitative estimate of drug-likeness (QED) is 0.640. The highest BCUT2D eigenvalue weighted by atomic mass is 79.9. The first-order chi connectivity index (χ1) is 12.6. The molecule has 0 aliphatic rings. The molecule has 0 spiro atoms. The predicted octanol–water partition coefficient (Wildman–Crippen LogP) is 4.58. The summed E-state index contributed by atoms with van der Waals surface area (Å²) in [5.41, 5.74) is 2.79. The lowest BCUT2D eigenvalue weighted by Crippen LogP contribution is -2.10. The number of H-pyrrole nitrogens is 1. The van der Waals surface area contributed by atoms with E-state index in [9.17, 15) is 4.79 Å². The summed E-state index contributed by atoms with van der Waals surface area (Å²) in [6.45, 7) is 6.64. The number of pyridine rings is 1. The first kappa shape index (κ1) is 19.8. The maximum atomic E-state index is 11.3. The van der Waals surface area contributed by atoms with Crippen molar-refractivity contribution in [3.05, 3.63) is 74.7 Å². The molecular weight excluding hydrogens is 392 g/mol. The van der Waals surface area contributed by atoms with Crippen molar-refractivity contribution in [1.29, 1.82) is 0 Å². The number of aromatic amines is 1. The second kappa shape index (κ2) is 9.87. The van der Waals surface area contributed by atoms with Gasteiger partial charge >= 0.3 is 0 Å². The number of aryl methyl sites for hydroxylation is 1. The zero-order valence-corrected chi connectivity index (χ0v) is 16.8. The molecule has 136 valence electrons. The molecule has 0 bridgehead atoms. The van der Waals surface area contributed by atoms with E-state index < -0.39 is 0 Å². The minimum absolute atomic E-state index is 0.0806. The Morgan fingerprint density at radius 3 is 2.50 bits per heavy atom. The third kappa shape index (κ3) is 5.81. The minimum Gasteiger partial charge on any atom is -0.370 e. The van der Waals surface area contributed by atoms with E-state index in [0.29, 0.717) is 12.4 Å². The SMILES string of the molecule is CC.Cc1cc(NCCc2cc[nH]c(=O)c2)nc(-c2ccc(Br)cc2)n1. The van der Waals surface area contributed by atoms with Gasteiger partial charge in [0.1, 0.15) is 5.82 Å². The zero-order valence-electron chi connectivity index (χ0n) is 15.2. The van der Waals surface area contributed by atoms with E-state index in [-0.39, 0.29) is 5.56 Å². The molecule has 0 saturated carbocycles. The fourth-order valence-corrected chi connectivity index (χ4v) is 2.63. The number of halogens is 1. The van der Waals surface area contributed by atoms with Crippen LogP contribution in [-0.4, -0.2) is 21.5 Å². The molecule has 3 aromatic rings. The number of nitrogens with one attached hydrogen (secondary N) is 2. The highest BCUT2D eigenvalue weighted by Gasteiger charge is 2.05. The van der Waals surface area contributed by atoms with Gasteiger partial charge in [-0.1, -0.05) is 41.9 Å². The minimum atomic E-state index is -0.0806. The summed E-state index contributed by atoms with van der Waals surface area (Å²) in [6, 6.07) is 13.3. The number of nitrogens with zero attached hydrogens (tertiary/aromatic N) is 2. The van der Waals surface area contributed by atoms with E-state index in [4.69, 9.17) is 0 Å². The van der Waals surface area contributed by atoms with Crippen LogP contribution in [0.15, 0.2) is 57.9 Å². The predicted molar refractivity (Wildman–Crippen MR) is 111 cm³/mol. The Bertz CT molecular complexity index is 891. The summed E-state index contributed by atoms with van der Waals surface area (Å²) in [5.74, 6) is 1.48. The van der Waals surface area contributed by atoms with Crippen LogP contribution in [0.25, 0.3) is 11.4 Å². The van der Waals surface area contributed by atoms with Crippen molar-refractivity contribution in [1.82, 2.24) is 15.0 Å². The number of hydrogen-bond donors (Lipinski definition) is 2. The first-order valence-electron chi connectivity index (χ1n) is 8.63. The van der Waals surface area contributed by atoms with E-state index in [0.717, 1.165) is 33.5 Å². The summed E-state index contributed by atoms with van der Waals surface area (Å²) >= 11 is 3.43. The molecule has 1 aromatic carbocycles. The smallest absolute Gasteiger partial charge is 0.248 e. The fraction of sp³-hybridized carbons (Fsp3) is 0.250. The molecule has 2 N–H and O–H groups in total. The van der Waals surface area contributed by atoms with Gasteiger partial charge in [0.2, 0.25) is 5.56 Å². The molecule has 0 atom stereocenters. The lowest BCUT2D eigenvalue weighted by atomic mass is 10.2. The van der Waals surface area contributed by atoms with Crippen molar-refractivity contribution in [3.8, 4) is 11.4 Å². The fourth-order valence-electron chi connectivity index (χ4n) is 2.37. The van der Waals surface area contributed by atoms with Crippen molar-refractivity contribution >= 4 is 21.7 Å². The highest BCUT2D eigenvalue weighted by molar-refractivity contribution is 9.10. The summed E-state index contributed by atoms with van der Waals surface area (Å²) in [5, 5.41) is 3.30. The van der Waals surface area contributed by atoms with Crippen LogP contribution in [-0.2, 0) is 6.42 Å². The second-order valence-corrected chi connectivity index (χ2v) is 6.38. The molecule has 0 radical (unpaired) electrons. The van der Waals surface area contributed by atoms with Crippen LogP contribution in [0.4, 0.5) is 5.82 Å². The van der Waals surface area contributed by atoms with E-state index in [1.54, 1.807) is 12.3 Å². The molecule has 26 heavy (non-hydrogen) atoms. The number of anilines is 1. The molecule has 0 amide bonds. The van der Waals surface area contributed by atoms with Crippen LogP contribution in [0.3, 0.4) is 0 Å². The van der Waals surface area contributed by atoms with Gasteiger partial charge in [-0.3, -0.25) is 4.79 Å². The Labute approximate surface area is 162 Å². The van der Waals surface area contributed by atoms with Crippen molar-refractivity contribution in [2.45, 2.75) is 27.2 Å². The van der Waals surface area contributed by atoms with E-state index in [1.807, 2.05) is 57.2 Å². The Balaban J connectivity index is 0.00000117. The van der Waals surface area contributed by atoms with Crippen molar-refractivity contribution in [2.75, 3.05) is 11.9 Å². The summed E-state index contributed by atoms with van der Waals surface area (Å²) < 4.78 is 1.02. The molecule has 6 heteroatoms. The summed E-state index contributed by atoms with van der Waals surface area (Å²) in [7, 11) is 0. The van der Waals surface area contributed by atoms with E-state index in [2.05, 4.69) is 36.2 Å². The van der Waals surface area contributed by atoms with Crippen LogP contribution in [0.1, 0.15) is 25.1 Å². The molecule has 0 unspecified atom stereocenters. The molecular formula is C20H23BrN4O. The molecule has 5 nitrogen and oxygen atoms in total. The number of benzene rings is 1. The highest BCUT2D eigenvalue weighted by Crippen LogP contribution is 2.20. The van der Waals surface area contributed by atoms with Crippen LogP contribution < -0.4 is 10.9 Å². The van der Waals surface area contributed by atoms with Crippen LogP contribution in [0, 0.1) is 6.92 Å². The van der Waals surface area contributed by atoms with Gasteiger partial charge in [0, 0.05) is 40.6 Å². The van der Waals surface area contributed by atoms with Gasteiger partial charge in [-0.25, -0.2) is 9.97 Å². The average molecular weight is 415 g/mol. The van der Waals surface area contributed by atoms with Gasteiger partial charge in [0.25, 0.3) is 0 Å². The number of hydrogen-bond acceptors (Lipinski definition) is 4. The standard InChI is InChI=1S/C18H17BrN4O.C2H6/c1-12-10-16(20-8-6-13-7-9-21-17(24)11-13)23-18(22-12)14-2-4-15(19)5-3-14;1-2/h2-5,7,9-11H,6,8H2,1H3,(H,21,24)(H,20,22,23);1-2H3. The third-order valence-corrected chi connectivity index (χ3v) is 4.04. The van der Waals surface area contributed by atoms with Gasteiger partial charge in [0.05, 0.1) is 0 Å². The molecule has 0 aliphatic heterocycles. The molecule has 2 heterocycles. The number of rotatable bonds is 5. The largest absolute Gasteiger partial charge is 0.370 e. The van der Waals surface area contributed by atoms with Crippen LogP contribution in [0.5, 0.6) is 0 Å². The average Bonchev–Trinajstić information content (AvgIpc) is 2.64. The van der Waals surface area contributed by atoms with E-state index in [1.165, 1.54) is 0 Å². The topological polar surface area (TPSA) is 70.7 Å². The van der Waals surface area contributed by atoms with Crippen molar-refractivity contribution in [3.63, 3.8) is 0 Å². The number of aromatic nitrogens is 3. The summed E-state index contributed by atoms with van der Waals surface area (Å²) in [4.78, 5) is 23.0. The van der Waals surface area contributed by atoms with Gasteiger partial charge < -0.3 is 10.3 Å². The third-order valence-electron chi connectivity index (χ3n) is 3.52. The Kier molecular flexibility index (Phi) is 7.53. The monoisotopic (exact) mass is 414 g/mol. The molecule has 0 saturated heterocycles. The van der Waals surface area contributed by atoms with Gasteiger partial charge in [0.15, 0.2) is 5.82 Å². The summed E-state index contributed by atoms with van der Waals surface area (Å²) in [6.07, 6.45) is 2.42. The Morgan fingerprint density at radius 2 is 1.81 bits per heavy atom. The van der Waals surface area contributed by atoms with Gasteiger partial charge in [-0.2, -0.15) is 0 Å². The molecule has 0 fully saturated rings. The molecule has 0 aliphatic carbocycles. The Hall–Kier alpha value is -2.47. The molecule has 2 aromatic heterocycles. The normalized spacial score (nSPS) is 10.0. The lowest BCUT2D eigenvalue weighted by Gasteiger charge is -2.09. The maximum absolute atomic E-state index is 11.3. The van der Waals surface area contributed by atoms with Gasteiger partial charge in [-0.15, -0.1) is 0 Å². The molecule has 3 rings (SSSR count). The van der Waals surface area contributed by atoms with Crippen molar-refractivity contribution < 1.29 is 0 Å². The van der Waals surface area contributed by atoms with Crippen LogP contribution in [0.2, 0.25) is 0 Å². The van der Waals surface area contributed by atoms with Crippen LogP contribution >= 0.6 is 15.9 Å². The van der Waals surface area contributed by atoms with E-state index >= 15 is 0 Å². The lowest BCUT2D eigenvalue weighted by molar-refractivity contribution is 0.985. The maximum Gasteiger partial charge on any atom is 0.248 e. The van der Waals surface area contributed by atoms with Crippen molar-refractivity contribution in [2.24, 2.45) is 0 Å². The zero-order chi connectivity index (χ0) is 18.9. The second-order valence-electron chi connectivity index (χ2n) is 5.46. The first-order valence-corrected chi connectivity index (χ1v) is 9.42. The van der Waals surface area contributed by atoms with Gasteiger partial charge in [-0.05, 0) is 37.1 Å².